The molecule has 0 rings (SSSR count). The summed E-state index contributed by atoms with van der Waals surface area (Å²) in [6.07, 6.45) is 72.4. The van der Waals surface area contributed by atoms with E-state index in [0.717, 1.165) is 116 Å². The van der Waals surface area contributed by atoms with Crippen LogP contribution in [0.4, 0.5) is 0 Å². The van der Waals surface area contributed by atoms with Gasteiger partial charge in [-0.3, -0.25) is 9.36 Å². The number of hydrogen-bond acceptors (Lipinski definition) is 6. The number of rotatable bonds is 45. The molecule has 0 spiro atoms. The van der Waals surface area contributed by atoms with Crippen LogP contribution in [0.1, 0.15) is 174 Å². The van der Waals surface area contributed by atoms with E-state index in [-0.39, 0.29) is 12.5 Å². The van der Waals surface area contributed by atoms with E-state index in [1.165, 1.54) is 38.5 Å². The van der Waals surface area contributed by atoms with Crippen LogP contribution in [-0.4, -0.2) is 68.5 Å². The van der Waals surface area contributed by atoms with Gasteiger partial charge in [0.25, 0.3) is 7.82 Å². The topological polar surface area (TPSA) is 108 Å². The molecular weight excluding hydrogens is 852 g/mol. The van der Waals surface area contributed by atoms with Crippen LogP contribution in [-0.2, 0) is 18.4 Å². The molecule has 1 amide bonds. The van der Waals surface area contributed by atoms with E-state index in [2.05, 4.69) is 141 Å². The summed E-state index contributed by atoms with van der Waals surface area (Å²) in [6.45, 7) is 4.41. The highest BCUT2D eigenvalue weighted by atomic mass is 31.2. The quantitative estimate of drug-likeness (QED) is 0.0272. The summed E-state index contributed by atoms with van der Waals surface area (Å²) >= 11 is 0. The SMILES string of the molecule is CC/C=C\C/C=C\C/C=C\C/C=C\C/C=C\C/C=C\C/C=C\C/C=C\CCCCCCCCCCC(=O)NC(COP(=O)([O-])OCC[N+](C)(C)C)C(O)/C=C/CC/C=C/CC/C=C/CCCC. The Morgan fingerprint density at radius 2 is 0.925 bits per heavy atom. The van der Waals surface area contributed by atoms with Gasteiger partial charge in [0, 0.05) is 6.42 Å². The lowest BCUT2D eigenvalue weighted by atomic mass is 10.1. The highest BCUT2D eigenvalue weighted by Gasteiger charge is 2.23. The Labute approximate surface area is 411 Å². The van der Waals surface area contributed by atoms with Crippen LogP contribution in [0.5, 0.6) is 0 Å². The van der Waals surface area contributed by atoms with Crippen molar-refractivity contribution < 1.29 is 32.9 Å². The van der Waals surface area contributed by atoms with Gasteiger partial charge in [0.05, 0.1) is 39.9 Å². The van der Waals surface area contributed by atoms with Crippen molar-refractivity contribution in [2.45, 2.75) is 187 Å². The zero-order valence-corrected chi connectivity index (χ0v) is 43.9. The van der Waals surface area contributed by atoms with E-state index in [4.69, 9.17) is 9.05 Å². The van der Waals surface area contributed by atoms with Crippen molar-refractivity contribution in [1.29, 1.82) is 0 Å². The van der Waals surface area contributed by atoms with Gasteiger partial charge in [-0.05, 0) is 103 Å². The number of nitrogens with one attached hydrogen (secondary N) is 1. The standard InChI is InChI=1S/C58H97N2O6P/c1-6-8-10-12-14-16-18-20-21-22-23-24-25-26-27-28-29-30-31-32-33-34-35-36-37-38-39-40-42-44-46-48-50-52-58(62)59-56(55-66-67(63,64)65-54-53-60(3,4)5)57(61)51-49-47-45-43-41-19-17-15-13-11-9-7-2/h8,10,13-16,20-21,23-24,26-27,29-30,32-33,35-36,41,43,49,51,56-57,61H,6-7,9,11-12,17-19,22,25,28,31,34,37-40,42,44-48,50,52-55H2,1-5H3,(H-,59,62,63,64)/b10-8-,15-13+,16-14-,21-20-,24-23-,27-26-,30-29-,33-32-,36-35-,43-41+,51-49+. The molecule has 0 saturated heterocycles. The number of hydrogen-bond donors (Lipinski definition) is 2. The molecule has 0 aliphatic heterocycles. The average molecular weight is 949 g/mol. The number of carbonyl (C=O) groups excluding carboxylic acids is 1. The number of phosphoric acid groups is 1. The van der Waals surface area contributed by atoms with Gasteiger partial charge in [0.1, 0.15) is 13.2 Å². The van der Waals surface area contributed by atoms with Gasteiger partial charge in [-0.2, -0.15) is 0 Å². The van der Waals surface area contributed by atoms with Crippen LogP contribution in [0.25, 0.3) is 0 Å². The molecule has 0 aromatic heterocycles. The summed E-state index contributed by atoms with van der Waals surface area (Å²) in [5.74, 6) is -0.229. The molecule has 2 N–H and O–H groups in total. The van der Waals surface area contributed by atoms with Crippen molar-refractivity contribution >= 4 is 13.7 Å². The Bertz CT molecular complexity index is 1540. The number of allylic oxidation sites excluding steroid dienone is 21. The maximum Gasteiger partial charge on any atom is 0.268 e. The molecule has 0 radical (unpaired) electrons. The molecule has 0 saturated carbocycles. The third kappa shape index (κ3) is 50.3. The van der Waals surface area contributed by atoms with Crippen LogP contribution < -0.4 is 10.2 Å². The molecular formula is C58H97N2O6P. The van der Waals surface area contributed by atoms with Crippen molar-refractivity contribution in [1.82, 2.24) is 5.32 Å². The maximum absolute atomic E-state index is 12.9. The smallest absolute Gasteiger partial charge is 0.268 e. The Balaban J connectivity index is 4.24. The first-order valence-corrected chi connectivity index (χ1v) is 27.5. The normalized spacial score (nSPS) is 15.1. The minimum Gasteiger partial charge on any atom is -0.756 e. The van der Waals surface area contributed by atoms with Gasteiger partial charge < -0.3 is 28.8 Å². The minimum atomic E-state index is -4.61. The first kappa shape index (κ1) is 63.6. The fourth-order valence-corrected chi connectivity index (χ4v) is 7.20. The minimum absolute atomic E-state index is 0.0183. The molecule has 0 fully saturated rings. The summed E-state index contributed by atoms with van der Waals surface area (Å²) in [7, 11) is 1.20. The van der Waals surface area contributed by atoms with Gasteiger partial charge in [-0.15, -0.1) is 0 Å². The first-order chi connectivity index (χ1) is 32.5. The van der Waals surface area contributed by atoms with Crippen LogP contribution >= 0.6 is 7.82 Å². The van der Waals surface area contributed by atoms with Crippen molar-refractivity contribution in [3.63, 3.8) is 0 Å². The van der Waals surface area contributed by atoms with Crippen LogP contribution in [0, 0.1) is 0 Å². The van der Waals surface area contributed by atoms with Crippen LogP contribution in [0.2, 0.25) is 0 Å². The highest BCUT2D eigenvalue weighted by molar-refractivity contribution is 7.45. The molecule has 380 valence electrons. The highest BCUT2D eigenvalue weighted by Crippen LogP contribution is 2.38. The second-order valence-electron chi connectivity index (χ2n) is 18.1. The van der Waals surface area contributed by atoms with Crippen molar-refractivity contribution in [3.05, 3.63) is 134 Å². The largest absolute Gasteiger partial charge is 0.756 e. The number of amides is 1. The molecule has 3 unspecified atom stereocenters. The molecule has 3 atom stereocenters. The lowest BCUT2D eigenvalue weighted by Gasteiger charge is -2.29. The van der Waals surface area contributed by atoms with Crippen LogP contribution in [0.3, 0.4) is 0 Å². The fourth-order valence-electron chi connectivity index (χ4n) is 6.48. The Morgan fingerprint density at radius 3 is 1.39 bits per heavy atom. The zero-order chi connectivity index (χ0) is 49.2. The van der Waals surface area contributed by atoms with Gasteiger partial charge in [-0.1, -0.05) is 199 Å². The number of aliphatic hydroxyl groups excluding tert-OH is 1. The second-order valence-corrected chi connectivity index (χ2v) is 19.5. The third-order valence-corrected chi connectivity index (χ3v) is 11.5. The predicted octanol–water partition coefficient (Wildman–Crippen LogP) is 15.0. The molecule has 0 aromatic carbocycles. The Hall–Kier alpha value is -3.36. The fraction of sp³-hybridized carbons (Fsp3) is 0.603. The van der Waals surface area contributed by atoms with Crippen molar-refractivity contribution in [2.75, 3.05) is 40.9 Å². The monoisotopic (exact) mass is 949 g/mol. The first-order valence-electron chi connectivity index (χ1n) is 26.0. The third-order valence-electron chi connectivity index (χ3n) is 10.6. The second kappa shape index (κ2) is 47.7. The molecule has 9 heteroatoms. The number of quaternary nitrogens is 1. The lowest BCUT2D eigenvalue weighted by molar-refractivity contribution is -0.870. The molecule has 8 nitrogen and oxygen atoms in total. The molecule has 0 heterocycles. The van der Waals surface area contributed by atoms with E-state index >= 15 is 0 Å². The summed E-state index contributed by atoms with van der Waals surface area (Å²) in [5.41, 5.74) is 0. The van der Waals surface area contributed by atoms with E-state index in [9.17, 15) is 19.4 Å². The Kier molecular flexibility index (Phi) is 45.3. The van der Waals surface area contributed by atoms with Crippen LogP contribution in [0.15, 0.2) is 134 Å². The van der Waals surface area contributed by atoms with Gasteiger partial charge >= 0.3 is 0 Å². The zero-order valence-electron chi connectivity index (χ0n) is 43.0. The molecule has 67 heavy (non-hydrogen) atoms. The van der Waals surface area contributed by atoms with Gasteiger partial charge in [0.2, 0.25) is 5.91 Å². The number of aliphatic hydroxyl groups is 1. The van der Waals surface area contributed by atoms with E-state index in [0.29, 0.717) is 17.4 Å². The summed E-state index contributed by atoms with van der Waals surface area (Å²) in [5, 5.41) is 13.8. The molecule has 0 aliphatic carbocycles. The van der Waals surface area contributed by atoms with Gasteiger partial charge in [0.15, 0.2) is 0 Å². The molecule has 0 aliphatic rings. The predicted molar refractivity (Wildman–Crippen MR) is 288 cm³/mol. The number of carbonyl (C=O) groups is 1. The molecule has 0 aromatic rings. The van der Waals surface area contributed by atoms with E-state index in [1.54, 1.807) is 6.08 Å². The maximum atomic E-state index is 12.9. The lowest BCUT2D eigenvalue weighted by Crippen LogP contribution is -2.45. The number of nitrogens with zero attached hydrogens (tertiary/aromatic N) is 1. The molecule has 0 bridgehead atoms. The summed E-state index contributed by atoms with van der Waals surface area (Å²) < 4.78 is 23.2. The van der Waals surface area contributed by atoms with E-state index in [1.807, 2.05) is 27.2 Å². The summed E-state index contributed by atoms with van der Waals surface area (Å²) in [4.78, 5) is 25.4. The average Bonchev–Trinajstić information content (AvgIpc) is 3.29. The van der Waals surface area contributed by atoms with Crippen molar-refractivity contribution in [3.8, 4) is 0 Å². The summed E-state index contributed by atoms with van der Waals surface area (Å²) in [6, 6.07) is -0.923. The Morgan fingerprint density at radius 1 is 0.537 bits per heavy atom. The van der Waals surface area contributed by atoms with Crippen molar-refractivity contribution in [2.24, 2.45) is 0 Å². The number of likely N-dealkylation sites (N-methyl/N-ethyl adjacent to an activating group) is 1. The number of phosphoric ester groups is 1. The van der Waals surface area contributed by atoms with E-state index < -0.39 is 26.6 Å². The van der Waals surface area contributed by atoms with Gasteiger partial charge in [-0.25, -0.2) is 0 Å². The number of unbranched alkanes of at least 4 members (excludes halogenated alkanes) is 12.